The van der Waals surface area contributed by atoms with Crippen molar-refractivity contribution in [2.24, 2.45) is 23.0 Å². The third kappa shape index (κ3) is 2.28. The van der Waals surface area contributed by atoms with Gasteiger partial charge in [-0.05, 0) is 25.2 Å². The van der Waals surface area contributed by atoms with Crippen molar-refractivity contribution in [2.45, 2.75) is 33.1 Å². The van der Waals surface area contributed by atoms with Crippen molar-refractivity contribution in [3.63, 3.8) is 0 Å². The predicted molar refractivity (Wildman–Crippen MR) is 59.0 cm³/mol. The SMILES string of the molecule is CC(C)CC(C=O)C1(C(N)=O)CC=CC1. The Hall–Kier alpha value is -1.12. The lowest BCUT2D eigenvalue weighted by Gasteiger charge is -2.32. The smallest absolute Gasteiger partial charge is 0.224 e. The third-order valence-corrected chi connectivity index (χ3v) is 3.22. The molecule has 0 aromatic rings. The van der Waals surface area contributed by atoms with E-state index in [1.165, 1.54) is 0 Å². The van der Waals surface area contributed by atoms with E-state index < -0.39 is 5.41 Å². The van der Waals surface area contributed by atoms with Gasteiger partial charge in [0.2, 0.25) is 5.91 Å². The Morgan fingerprint density at radius 1 is 1.47 bits per heavy atom. The second-order valence-electron chi connectivity index (χ2n) is 4.77. The summed E-state index contributed by atoms with van der Waals surface area (Å²) >= 11 is 0. The first-order valence-electron chi connectivity index (χ1n) is 5.43. The van der Waals surface area contributed by atoms with Crippen LogP contribution in [-0.2, 0) is 9.59 Å². The number of amides is 1. The summed E-state index contributed by atoms with van der Waals surface area (Å²) < 4.78 is 0. The molecule has 2 N–H and O–H groups in total. The maximum atomic E-state index is 11.5. The van der Waals surface area contributed by atoms with Crippen LogP contribution in [0.5, 0.6) is 0 Å². The minimum atomic E-state index is -0.647. The number of primary amides is 1. The molecule has 0 radical (unpaired) electrons. The second kappa shape index (κ2) is 4.60. The van der Waals surface area contributed by atoms with Crippen LogP contribution >= 0.6 is 0 Å². The van der Waals surface area contributed by atoms with Gasteiger partial charge in [0.25, 0.3) is 0 Å². The molecule has 1 rings (SSSR count). The van der Waals surface area contributed by atoms with Crippen molar-refractivity contribution in [3.8, 4) is 0 Å². The maximum Gasteiger partial charge on any atom is 0.224 e. The lowest BCUT2D eigenvalue weighted by molar-refractivity contribution is -0.134. The van der Waals surface area contributed by atoms with Gasteiger partial charge in [-0.2, -0.15) is 0 Å². The summed E-state index contributed by atoms with van der Waals surface area (Å²) in [6.45, 7) is 4.10. The largest absolute Gasteiger partial charge is 0.369 e. The van der Waals surface area contributed by atoms with Gasteiger partial charge < -0.3 is 10.5 Å². The van der Waals surface area contributed by atoms with Crippen LogP contribution in [0.4, 0.5) is 0 Å². The number of carbonyl (C=O) groups excluding carboxylic acids is 2. The zero-order valence-corrected chi connectivity index (χ0v) is 9.40. The molecule has 1 aliphatic carbocycles. The van der Waals surface area contributed by atoms with Crippen LogP contribution in [0.2, 0.25) is 0 Å². The summed E-state index contributed by atoms with van der Waals surface area (Å²) in [5, 5.41) is 0. The number of nitrogens with two attached hydrogens (primary N) is 1. The van der Waals surface area contributed by atoms with Crippen molar-refractivity contribution in [3.05, 3.63) is 12.2 Å². The van der Waals surface area contributed by atoms with E-state index in [4.69, 9.17) is 5.73 Å². The lowest BCUT2D eigenvalue weighted by atomic mass is 9.70. The van der Waals surface area contributed by atoms with Crippen LogP contribution < -0.4 is 5.73 Å². The molecule has 0 aromatic heterocycles. The number of rotatable bonds is 5. The molecule has 3 heteroatoms. The molecule has 0 bridgehead atoms. The van der Waals surface area contributed by atoms with Gasteiger partial charge in [0.1, 0.15) is 6.29 Å². The third-order valence-electron chi connectivity index (χ3n) is 3.22. The number of allylic oxidation sites excluding steroid dienone is 2. The van der Waals surface area contributed by atoms with Crippen LogP contribution in [0.25, 0.3) is 0 Å². The first kappa shape index (κ1) is 12.0. The van der Waals surface area contributed by atoms with Crippen LogP contribution in [0.1, 0.15) is 33.1 Å². The minimum absolute atomic E-state index is 0.245. The Morgan fingerprint density at radius 3 is 2.33 bits per heavy atom. The lowest BCUT2D eigenvalue weighted by Crippen LogP contribution is -2.42. The molecular formula is C12H19NO2. The molecule has 0 heterocycles. The minimum Gasteiger partial charge on any atom is -0.369 e. The average Bonchev–Trinajstić information content (AvgIpc) is 2.63. The van der Waals surface area contributed by atoms with E-state index in [9.17, 15) is 9.59 Å². The normalized spacial score (nSPS) is 20.5. The molecule has 0 aliphatic heterocycles. The predicted octanol–water partition coefficient (Wildman–Crippen LogP) is 1.67. The molecule has 15 heavy (non-hydrogen) atoms. The van der Waals surface area contributed by atoms with Gasteiger partial charge in [-0.3, -0.25) is 4.79 Å². The number of aldehydes is 1. The Bertz CT molecular complexity index is 273. The summed E-state index contributed by atoms with van der Waals surface area (Å²) in [5.74, 6) is -0.188. The summed E-state index contributed by atoms with van der Waals surface area (Å²) in [6.07, 6.45) is 6.74. The summed E-state index contributed by atoms with van der Waals surface area (Å²) in [7, 11) is 0. The van der Waals surface area contributed by atoms with E-state index >= 15 is 0 Å². The molecule has 1 amide bonds. The number of hydrogen-bond donors (Lipinski definition) is 1. The van der Waals surface area contributed by atoms with E-state index in [-0.39, 0.29) is 11.8 Å². The molecule has 0 spiro atoms. The highest BCUT2D eigenvalue weighted by Gasteiger charge is 2.44. The highest BCUT2D eigenvalue weighted by Crippen LogP contribution is 2.42. The molecule has 0 saturated heterocycles. The second-order valence-corrected chi connectivity index (χ2v) is 4.77. The molecular weight excluding hydrogens is 190 g/mol. The van der Waals surface area contributed by atoms with Crippen LogP contribution in [0.15, 0.2) is 12.2 Å². The molecule has 0 fully saturated rings. The molecule has 1 aliphatic rings. The molecule has 0 saturated carbocycles. The summed E-state index contributed by atoms with van der Waals surface area (Å²) in [5.41, 5.74) is 4.80. The number of carbonyl (C=O) groups is 2. The fourth-order valence-corrected chi connectivity index (χ4v) is 2.28. The summed E-state index contributed by atoms with van der Waals surface area (Å²) in [4.78, 5) is 22.6. The van der Waals surface area contributed by atoms with Gasteiger partial charge in [0.15, 0.2) is 0 Å². The van der Waals surface area contributed by atoms with E-state index in [0.717, 1.165) is 12.7 Å². The van der Waals surface area contributed by atoms with Gasteiger partial charge in [0, 0.05) is 5.92 Å². The highest BCUT2D eigenvalue weighted by atomic mass is 16.1. The van der Waals surface area contributed by atoms with Crippen LogP contribution in [0, 0.1) is 17.3 Å². The zero-order chi connectivity index (χ0) is 11.5. The Labute approximate surface area is 90.7 Å². The molecule has 1 unspecified atom stereocenters. The van der Waals surface area contributed by atoms with Crippen molar-refractivity contribution in [1.29, 1.82) is 0 Å². The van der Waals surface area contributed by atoms with Crippen molar-refractivity contribution < 1.29 is 9.59 Å². The van der Waals surface area contributed by atoms with Crippen molar-refractivity contribution >= 4 is 12.2 Å². The maximum absolute atomic E-state index is 11.5. The highest BCUT2D eigenvalue weighted by molar-refractivity contribution is 5.85. The van der Waals surface area contributed by atoms with E-state index in [1.807, 2.05) is 26.0 Å². The molecule has 3 nitrogen and oxygen atoms in total. The molecule has 1 atom stereocenters. The average molecular weight is 209 g/mol. The Morgan fingerprint density at radius 2 is 2.00 bits per heavy atom. The Balaban J connectivity index is 2.87. The van der Waals surface area contributed by atoms with Gasteiger partial charge in [-0.15, -0.1) is 0 Å². The van der Waals surface area contributed by atoms with E-state index in [0.29, 0.717) is 18.8 Å². The Kier molecular flexibility index (Phi) is 3.66. The quantitative estimate of drug-likeness (QED) is 0.553. The standard InChI is InChI=1S/C12H19NO2/c1-9(2)7-10(8-14)12(11(13)15)5-3-4-6-12/h3-4,8-10H,5-7H2,1-2H3,(H2,13,15). The van der Waals surface area contributed by atoms with Gasteiger partial charge in [0.05, 0.1) is 5.41 Å². The van der Waals surface area contributed by atoms with Crippen LogP contribution in [-0.4, -0.2) is 12.2 Å². The van der Waals surface area contributed by atoms with Gasteiger partial charge >= 0.3 is 0 Å². The molecule has 84 valence electrons. The van der Waals surface area contributed by atoms with E-state index in [1.54, 1.807) is 0 Å². The van der Waals surface area contributed by atoms with Crippen molar-refractivity contribution in [1.82, 2.24) is 0 Å². The van der Waals surface area contributed by atoms with Crippen molar-refractivity contribution in [2.75, 3.05) is 0 Å². The van der Waals surface area contributed by atoms with E-state index in [2.05, 4.69) is 0 Å². The zero-order valence-electron chi connectivity index (χ0n) is 9.40. The fourth-order valence-electron chi connectivity index (χ4n) is 2.28. The monoisotopic (exact) mass is 209 g/mol. The summed E-state index contributed by atoms with van der Waals surface area (Å²) in [6, 6.07) is 0. The molecule has 0 aromatic carbocycles. The van der Waals surface area contributed by atoms with Gasteiger partial charge in [-0.25, -0.2) is 0 Å². The fraction of sp³-hybridized carbons (Fsp3) is 0.667. The topological polar surface area (TPSA) is 60.2 Å². The first-order valence-corrected chi connectivity index (χ1v) is 5.43. The van der Waals surface area contributed by atoms with Gasteiger partial charge in [-0.1, -0.05) is 26.0 Å². The van der Waals surface area contributed by atoms with Crippen LogP contribution in [0.3, 0.4) is 0 Å². The first-order chi connectivity index (χ1) is 7.03. The number of hydrogen-bond acceptors (Lipinski definition) is 2.